The maximum atomic E-state index is 13.5. The van der Waals surface area contributed by atoms with Gasteiger partial charge in [-0.1, -0.05) is 6.07 Å². The first-order valence-corrected chi connectivity index (χ1v) is 5.89. The van der Waals surface area contributed by atoms with Crippen molar-refractivity contribution in [3.8, 4) is 5.75 Å². The van der Waals surface area contributed by atoms with Crippen LogP contribution in [0.2, 0.25) is 0 Å². The lowest BCUT2D eigenvalue weighted by Crippen LogP contribution is -2.33. The Bertz CT molecular complexity index is 393. The van der Waals surface area contributed by atoms with Crippen molar-refractivity contribution in [2.24, 2.45) is 0 Å². The molecule has 0 radical (unpaired) electrons. The van der Waals surface area contributed by atoms with Gasteiger partial charge in [0.1, 0.15) is 0 Å². The van der Waals surface area contributed by atoms with E-state index in [1.165, 1.54) is 19.2 Å². The summed E-state index contributed by atoms with van der Waals surface area (Å²) in [6.07, 6.45) is 1.62. The minimum Gasteiger partial charge on any atom is -0.494 e. The molecular formula is C13H18FNO2. The predicted molar refractivity (Wildman–Crippen MR) is 63.5 cm³/mol. The second kappa shape index (κ2) is 5.02. The summed E-state index contributed by atoms with van der Waals surface area (Å²) in [6, 6.07) is 5.00. The Labute approximate surface area is 101 Å². The van der Waals surface area contributed by atoms with E-state index < -0.39 is 11.9 Å². The number of hydrogen-bond donors (Lipinski definition) is 2. The summed E-state index contributed by atoms with van der Waals surface area (Å²) in [5, 5.41) is 13.4. The van der Waals surface area contributed by atoms with E-state index in [4.69, 9.17) is 4.74 Å². The van der Waals surface area contributed by atoms with Gasteiger partial charge in [0.15, 0.2) is 11.6 Å². The Kier molecular flexibility index (Phi) is 3.64. The molecular weight excluding hydrogens is 221 g/mol. The topological polar surface area (TPSA) is 41.5 Å². The van der Waals surface area contributed by atoms with Crippen molar-refractivity contribution >= 4 is 0 Å². The highest BCUT2D eigenvalue weighted by Crippen LogP contribution is 2.26. The van der Waals surface area contributed by atoms with E-state index in [-0.39, 0.29) is 11.8 Å². The fourth-order valence-corrected chi connectivity index (χ4v) is 1.87. The molecule has 0 saturated heterocycles. The highest BCUT2D eigenvalue weighted by atomic mass is 19.1. The molecule has 0 amide bonds. The van der Waals surface area contributed by atoms with Crippen LogP contribution in [0.4, 0.5) is 4.39 Å². The zero-order chi connectivity index (χ0) is 12.4. The van der Waals surface area contributed by atoms with Gasteiger partial charge in [-0.25, -0.2) is 4.39 Å². The lowest BCUT2D eigenvalue weighted by atomic mass is 10.0. The van der Waals surface area contributed by atoms with Gasteiger partial charge in [-0.05, 0) is 37.5 Å². The van der Waals surface area contributed by atoms with Gasteiger partial charge in [0, 0.05) is 12.1 Å². The fraction of sp³-hybridized carbons (Fsp3) is 0.538. The minimum atomic E-state index is -0.698. The standard InChI is InChI=1S/C13H18FNO2/c1-8(15-10-4-5-10)13(16)9-3-6-12(17-2)11(14)7-9/h3,6-8,10,13,15-16H,4-5H2,1-2H3. The summed E-state index contributed by atoms with van der Waals surface area (Å²) >= 11 is 0. The molecule has 0 spiro atoms. The van der Waals surface area contributed by atoms with E-state index in [2.05, 4.69) is 5.32 Å². The second-order valence-electron chi connectivity index (χ2n) is 4.57. The molecule has 2 atom stereocenters. The van der Waals surface area contributed by atoms with Crippen LogP contribution >= 0.6 is 0 Å². The normalized spacial score (nSPS) is 18.8. The Hall–Kier alpha value is -1.13. The molecule has 3 nitrogen and oxygen atoms in total. The molecule has 1 aliphatic carbocycles. The van der Waals surface area contributed by atoms with E-state index in [9.17, 15) is 9.50 Å². The molecule has 1 aromatic rings. The highest BCUT2D eigenvalue weighted by Gasteiger charge is 2.26. The fourth-order valence-electron chi connectivity index (χ4n) is 1.87. The number of benzene rings is 1. The number of methoxy groups -OCH3 is 1. The van der Waals surface area contributed by atoms with Gasteiger partial charge in [-0.2, -0.15) is 0 Å². The molecule has 2 rings (SSSR count). The monoisotopic (exact) mass is 239 g/mol. The third kappa shape index (κ3) is 2.96. The third-order valence-corrected chi connectivity index (χ3v) is 3.07. The molecule has 94 valence electrons. The van der Waals surface area contributed by atoms with Crippen LogP contribution in [-0.2, 0) is 0 Å². The third-order valence-electron chi connectivity index (χ3n) is 3.07. The molecule has 2 unspecified atom stereocenters. The van der Waals surface area contributed by atoms with Crippen LogP contribution in [0, 0.1) is 5.82 Å². The minimum absolute atomic E-state index is 0.0738. The van der Waals surface area contributed by atoms with Crippen LogP contribution in [0.5, 0.6) is 5.75 Å². The maximum absolute atomic E-state index is 13.5. The van der Waals surface area contributed by atoms with Crippen molar-refractivity contribution in [2.75, 3.05) is 7.11 Å². The van der Waals surface area contributed by atoms with E-state index >= 15 is 0 Å². The first kappa shape index (κ1) is 12.3. The smallest absolute Gasteiger partial charge is 0.165 e. The van der Waals surface area contributed by atoms with Crippen molar-refractivity contribution in [3.63, 3.8) is 0 Å². The van der Waals surface area contributed by atoms with Crippen LogP contribution in [0.3, 0.4) is 0 Å². The van der Waals surface area contributed by atoms with E-state index in [0.29, 0.717) is 11.6 Å². The van der Waals surface area contributed by atoms with Crippen molar-refractivity contribution < 1.29 is 14.2 Å². The lowest BCUT2D eigenvalue weighted by molar-refractivity contribution is 0.134. The zero-order valence-electron chi connectivity index (χ0n) is 10.1. The SMILES string of the molecule is COc1ccc(C(O)C(C)NC2CC2)cc1F. The summed E-state index contributed by atoms with van der Waals surface area (Å²) in [5.41, 5.74) is 0.573. The summed E-state index contributed by atoms with van der Waals surface area (Å²) in [7, 11) is 1.42. The molecule has 1 aromatic carbocycles. The average molecular weight is 239 g/mol. The summed E-state index contributed by atoms with van der Waals surface area (Å²) in [5.74, 6) is -0.244. The first-order valence-electron chi connectivity index (χ1n) is 5.89. The van der Waals surface area contributed by atoms with Crippen molar-refractivity contribution in [3.05, 3.63) is 29.6 Å². The van der Waals surface area contributed by atoms with Gasteiger partial charge in [-0.15, -0.1) is 0 Å². The van der Waals surface area contributed by atoms with E-state index in [1.807, 2.05) is 6.92 Å². The Morgan fingerprint density at radius 3 is 2.71 bits per heavy atom. The van der Waals surface area contributed by atoms with Crippen LogP contribution < -0.4 is 10.1 Å². The van der Waals surface area contributed by atoms with Crippen LogP contribution in [0.1, 0.15) is 31.4 Å². The highest BCUT2D eigenvalue weighted by molar-refractivity contribution is 5.31. The number of hydrogen-bond acceptors (Lipinski definition) is 3. The van der Waals surface area contributed by atoms with Gasteiger partial charge in [0.05, 0.1) is 13.2 Å². The van der Waals surface area contributed by atoms with Crippen molar-refractivity contribution in [1.82, 2.24) is 5.32 Å². The molecule has 2 N–H and O–H groups in total. The molecule has 1 saturated carbocycles. The summed E-state index contributed by atoms with van der Waals surface area (Å²) in [4.78, 5) is 0. The Balaban J connectivity index is 2.06. The van der Waals surface area contributed by atoms with Crippen LogP contribution in [-0.4, -0.2) is 24.3 Å². The van der Waals surface area contributed by atoms with Gasteiger partial charge < -0.3 is 15.2 Å². The zero-order valence-corrected chi connectivity index (χ0v) is 10.1. The molecule has 0 bridgehead atoms. The quantitative estimate of drug-likeness (QED) is 0.826. The first-order chi connectivity index (χ1) is 8.11. The van der Waals surface area contributed by atoms with E-state index in [1.54, 1.807) is 6.07 Å². The number of halogens is 1. The molecule has 1 fully saturated rings. The number of nitrogens with one attached hydrogen (secondary N) is 1. The van der Waals surface area contributed by atoms with Gasteiger partial charge in [0.2, 0.25) is 0 Å². The Morgan fingerprint density at radius 2 is 2.18 bits per heavy atom. The molecule has 17 heavy (non-hydrogen) atoms. The largest absolute Gasteiger partial charge is 0.494 e. The number of aliphatic hydroxyl groups excluding tert-OH is 1. The Morgan fingerprint density at radius 1 is 1.47 bits per heavy atom. The summed E-state index contributed by atoms with van der Waals surface area (Å²) in [6.45, 7) is 1.91. The van der Waals surface area contributed by atoms with E-state index in [0.717, 1.165) is 12.8 Å². The molecule has 0 aliphatic heterocycles. The number of aliphatic hydroxyl groups is 1. The van der Waals surface area contributed by atoms with Gasteiger partial charge in [0.25, 0.3) is 0 Å². The van der Waals surface area contributed by atoms with Crippen molar-refractivity contribution in [1.29, 1.82) is 0 Å². The van der Waals surface area contributed by atoms with Gasteiger partial charge >= 0.3 is 0 Å². The lowest BCUT2D eigenvalue weighted by Gasteiger charge is -2.20. The second-order valence-corrected chi connectivity index (χ2v) is 4.57. The molecule has 4 heteroatoms. The van der Waals surface area contributed by atoms with Crippen molar-refractivity contribution in [2.45, 2.75) is 38.0 Å². The number of ether oxygens (including phenoxy) is 1. The summed E-state index contributed by atoms with van der Waals surface area (Å²) < 4.78 is 18.3. The average Bonchev–Trinajstić information content (AvgIpc) is 3.11. The molecule has 0 heterocycles. The number of rotatable bonds is 5. The maximum Gasteiger partial charge on any atom is 0.165 e. The molecule has 0 aromatic heterocycles. The van der Waals surface area contributed by atoms with Crippen LogP contribution in [0.25, 0.3) is 0 Å². The van der Waals surface area contributed by atoms with Gasteiger partial charge in [-0.3, -0.25) is 0 Å². The predicted octanol–water partition coefficient (Wildman–Crippen LogP) is 2.01. The molecule has 1 aliphatic rings. The van der Waals surface area contributed by atoms with Crippen LogP contribution in [0.15, 0.2) is 18.2 Å².